The number of esters is 1. The van der Waals surface area contributed by atoms with E-state index < -0.39 is 0 Å². The molecule has 0 saturated heterocycles. The van der Waals surface area contributed by atoms with Crippen molar-refractivity contribution in [1.82, 2.24) is 0 Å². The molecule has 4 aliphatic rings. The predicted molar refractivity (Wildman–Crippen MR) is 129 cm³/mol. The number of ether oxygens (including phenoxy) is 1. The lowest BCUT2D eigenvalue weighted by Gasteiger charge is -2.57. The van der Waals surface area contributed by atoms with E-state index in [2.05, 4.69) is 34.6 Å². The summed E-state index contributed by atoms with van der Waals surface area (Å²) in [5.74, 6) is 3.74. The third-order valence-electron chi connectivity index (χ3n) is 10.4. The number of allylic oxidation sites excluding steroid dienone is 1. The molecule has 0 unspecified atom stereocenters. The highest BCUT2D eigenvalue weighted by Crippen LogP contribution is 2.66. The largest absolute Gasteiger partial charge is 0.462 e. The number of ketones is 1. The predicted octanol–water partition coefficient (Wildman–Crippen LogP) is 7.14. The number of hydrogen-bond donors (Lipinski definition) is 0. The van der Waals surface area contributed by atoms with Gasteiger partial charge in [-0.15, -0.1) is 0 Å². The Kier molecular flexibility index (Phi) is 6.69. The molecule has 4 rings (SSSR count). The van der Waals surface area contributed by atoms with Crippen LogP contribution in [0.5, 0.6) is 0 Å². The number of hydrogen-bond acceptors (Lipinski definition) is 3. The quantitative estimate of drug-likeness (QED) is 0.411. The van der Waals surface area contributed by atoms with Crippen molar-refractivity contribution >= 4 is 11.8 Å². The van der Waals surface area contributed by atoms with Gasteiger partial charge in [0, 0.05) is 19.3 Å². The van der Waals surface area contributed by atoms with Gasteiger partial charge in [-0.1, -0.05) is 59.5 Å². The Hall–Kier alpha value is -1.12. The average molecular weight is 443 g/mol. The molecule has 3 saturated carbocycles. The summed E-state index contributed by atoms with van der Waals surface area (Å²) in [6.07, 6.45) is 13.7. The minimum atomic E-state index is -0.202. The van der Waals surface area contributed by atoms with E-state index in [4.69, 9.17) is 4.74 Å². The highest BCUT2D eigenvalue weighted by Gasteiger charge is 2.61. The molecule has 0 aliphatic heterocycles. The number of rotatable bonds is 6. The molecule has 3 heteroatoms. The van der Waals surface area contributed by atoms with Crippen molar-refractivity contribution in [3.05, 3.63) is 11.6 Å². The topological polar surface area (TPSA) is 43.4 Å². The van der Waals surface area contributed by atoms with Crippen molar-refractivity contribution in [1.29, 1.82) is 0 Å². The molecule has 8 atom stereocenters. The molecule has 0 heterocycles. The van der Waals surface area contributed by atoms with Gasteiger partial charge in [0.2, 0.25) is 0 Å². The second-order valence-corrected chi connectivity index (χ2v) is 12.7. The zero-order chi connectivity index (χ0) is 23.3. The molecule has 180 valence electrons. The minimum Gasteiger partial charge on any atom is -0.462 e. The van der Waals surface area contributed by atoms with E-state index in [-0.39, 0.29) is 23.4 Å². The maximum Gasteiger partial charge on any atom is 0.302 e. The molecule has 32 heavy (non-hydrogen) atoms. The zero-order valence-electron chi connectivity index (χ0n) is 21.4. The Bertz CT molecular complexity index is 766. The van der Waals surface area contributed by atoms with Crippen molar-refractivity contribution in [3.8, 4) is 0 Å². The smallest absolute Gasteiger partial charge is 0.302 e. The Morgan fingerprint density at radius 2 is 1.81 bits per heavy atom. The normalized spacial score (nSPS) is 42.0. The Morgan fingerprint density at radius 3 is 2.50 bits per heavy atom. The van der Waals surface area contributed by atoms with Gasteiger partial charge >= 0.3 is 5.97 Å². The molecule has 0 aromatic heterocycles. The second kappa shape index (κ2) is 8.91. The summed E-state index contributed by atoms with van der Waals surface area (Å²) in [6.45, 7) is 13.6. The van der Waals surface area contributed by atoms with Gasteiger partial charge in [0.1, 0.15) is 6.10 Å². The lowest BCUT2D eigenvalue weighted by Crippen LogP contribution is -2.53. The van der Waals surface area contributed by atoms with E-state index in [1.807, 2.05) is 6.08 Å². The molecule has 0 spiro atoms. The van der Waals surface area contributed by atoms with E-state index in [1.165, 1.54) is 57.4 Å². The van der Waals surface area contributed by atoms with Gasteiger partial charge < -0.3 is 4.74 Å². The number of carbonyl (C=O) groups excluding carboxylic acids is 2. The standard InChI is InChI=1S/C29H46O3/c1-18(2)8-7-9-19(3)23-10-11-24-27-25(13-15-29(23,24)6)28(5)14-12-22(32-20(4)30)16-21(28)17-26(27)31/h17-19,22-25,27H,7-16H2,1-6H3/t19-,22+,23-,24+,25-,27-,28+,29+/m0/s1. The van der Waals surface area contributed by atoms with Crippen molar-refractivity contribution in [2.45, 2.75) is 112 Å². The molecule has 0 radical (unpaired) electrons. The van der Waals surface area contributed by atoms with Gasteiger partial charge in [-0.25, -0.2) is 0 Å². The van der Waals surface area contributed by atoms with Crippen LogP contribution in [0.1, 0.15) is 106 Å². The monoisotopic (exact) mass is 442 g/mol. The van der Waals surface area contributed by atoms with Gasteiger partial charge in [-0.05, 0) is 85.0 Å². The summed E-state index contributed by atoms with van der Waals surface area (Å²) in [6, 6.07) is 0. The molecule has 0 bridgehead atoms. The fraction of sp³-hybridized carbons (Fsp3) is 0.862. The first-order chi connectivity index (χ1) is 15.1. The molecular weight excluding hydrogens is 396 g/mol. The summed E-state index contributed by atoms with van der Waals surface area (Å²) in [4.78, 5) is 25.1. The summed E-state index contributed by atoms with van der Waals surface area (Å²) >= 11 is 0. The van der Waals surface area contributed by atoms with E-state index in [1.54, 1.807) is 0 Å². The summed E-state index contributed by atoms with van der Waals surface area (Å²) < 4.78 is 5.54. The lowest BCUT2D eigenvalue weighted by atomic mass is 9.46. The Morgan fingerprint density at radius 1 is 1.06 bits per heavy atom. The summed E-state index contributed by atoms with van der Waals surface area (Å²) in [5.41, 5.74) is 1.70. The van der Waals surface area contributed by atoms with Crippen LogP contribution in [0, 0.1) is 46.3 Å². The van der Waals surface area contributed by atoms with Crippen LogP contribution < -0.4 is 0 Å². The van der Waals surface area contributed by atoms with Gasteiger partial charge in [-0.3, -0.25) is 9.59 Å². The van der Waals surface area contributed by atoms with Crippen LogP contribution >= 0.6 is 0 Å². The number of carbonyl (C=O) groups is 2. The van der Waals surface area contributed by atoms with Crippen LogP contribution in [0.25, 0.3) is 0 Å². The number of fused-ring (bicyclic) bond motifs is 5. The van der Waals surface area contributed by atoms with Crippen molar-refractivity contribution < 1.29 is 14.3 Å². The van der Waals surface area contributed by atoms with E-state index in [0.717, 1.165) is 37.0 Å². The molecule has 0 aromatic rings. The molecule has 0 amide bonds. The minimum absolute atomic E-state index is 0.0485. The molecule has 3 nitrogen and oxygen atoms in total. The Labute approximate surface area is 196 Å². The third kappa shape index (κ3) is 4.11. The second-order valence-electron chi connectivity index (χ2n) is 12.7. The van der Waals surface area contributed by atoms with Crippen LogP contribution in [0.4, 0.5) is 0 Å². The Balaban J connectivity index is 1.52. The maximum atomic E-state index is 13.6. The molecule has 3 fully saturated rings. The van der Waals surface area contributed by atoms with Gasteiger partial charge in [0.15, 0.2) is 5.78 Å². The van der Waals surface area contributed by atoms with Crippen LogP contribution in [0.15, 0.2) is 11.6 Å². The van der Waals surface area contributed by atoms with E-state index >= 15 is 0 Å². The fourth-order valence-electron chi connectivity index (χ4n) is 8.73. The van der Waals surface area contributed by atoms with Gasteiger partial charge in [-0.2, -0.15) is 0 Å². The SMILES string of the molecule is CC(=O)O[C@@H]1CC[C@]2(C)C(=CC(=O)[C@H]3[C@H]4CC[C@@H]([C@@H](C)CCCC(C)C)[C@@]4(C)CC[C@@H]32)C1. The van der Waals surface area contributed by atoms with Crippen LogP contribution in [-0.4, -0.2) is 17.9 Å². The first-order valence-electron chi connectivity index (χ1n) is 13.5. The van der Waals surface area contributed by atoms with Crippen molar-refractivity contribution in [2.24, 2.45) is 46.3 Å². The lowest BCUT2D eigenvalue weighted by molar-refractivity contribution is -0.149. The van der Waals surface area contributed by atoms with Gasteiger partial charge in [0.05, 0.1) is 0 Å². The van der Waals surface area contributed by atoms with Gasteiger partial charge in [0.25, 0.3) is 0 Å². The summed E-state index contributed by atoms with van der Waals surface area (Å²) in [5, 5.41) is 0. The highest BCUT2D eigenvalue weighted by molar-refractivity contribution is 5.94. The van der Waals surface area contributed by atoms with Crippen LogP contribution in [-0.2, 0) is 14.3 Å². The molecule has 0 N–H and O–H groups in total. The maximum absolute atomic E-state index is 13.6. The molecule has 0 aromatic carbocycles. The first-order valence-corrected chi connectivity index (χ1v) is 13.5. The van der Waals surface area contributed by atoms with Crippen LogP contribution in [0.3, 0.4) is 0 Å². The summed E-state index contributed by atoms with van der Waals surface area (Å²) in [7, 11) is 0. The third-order valence-corrected chi connectivity index (χ3v) is 10.4. The molecular formula is C29H46O3. The van der Waals surface area contributed by atoms with E-state index in [9.17, 15) is 9.59 Å². The highest BCUT2D eigenvalue weighted by atomic mass is 16.5. The van der Waals surface area contributed by atoms with Crippen LogP contribution in [0.2, 0.25) is 0 Å². The first kappa shape index (κ1) is 24.0. The fourth-order valence-corrected chi connectivity index (χ4v) is 8.73. The van der Waals surface area contributed by atoms with E-state index in [0.29, 0.717) is 23.0 Å². The van der Waals surface area contributed by atoms with Crippen molar-refractivity contribution in [3.63, 3.8) is 0 Å². The average Bonchev–Trinajstić information content (AvgIpc) is 3.05. The van der Waals surface area contributed by atoms with Crippen molar-refractivity contribution in [2.75, 3.05) is 0 Å². The molecule has 4 aliphatic carbocycles. The zero-order valence-corrected chi connectivity index (χ0v) is 21.4.